The molecule has 0 aliphatic rings. The number of benzene rings is 1. The number of hydrogen-bond acceptors (Lipinski definition) is 5. The van der Waals surface area contributed by atoms with Crippen LogP contribution in [0.4, 0.5) is 0 Å². The monoisotopic (exact) mass is 200 g/mol. The molecule has 0 bridgehead atoms. The van der Waals surface area contributed by atoms with Crippen LogP contribution in [0.15, 0.2) is 18.2 Å². The van der Waals surface area contributed by atoms with Gasteiger partial charge < -0.3 is 0 Å². The Balaban J connectivity index is 2.69. The van der Waals surface area contributed by atoms with Gasteiger partial charge in [0.05, 0.1) is 16.8 Å². The topological polar surface area (TPSA) is 73.4 Å². The Kier molecular flexibility index (Phi) is 2.10. The average molecular weight is 200 g/mol. The molecule has 0 spiro atoms. The van der Waals surface area contributed by atoms with Gasteiger partial charge in [-0.3, -0.25) is 0 Å². The summed E-state index contributed by atoms with van der Waals surface area (Å²) in [7, 11) is 0. The fourth-order valence-electron chi connectivity index (χ4n) is 1.23. The third-order valence-electron chi connectivity index (χ3n) is 1.88. The second-order valence-corrected chi connectivity index (χ2v) is 3.44. The summed E-state index contributed by atoms with van der Waals surface area (Å²) in [6.45, 7) is 0. The van der Waals surface area contributed by atoms with Crippen molar-refractivity contribution < 1.29 is 0 Å². The van der Waals surface area contributed by atoms with Gasteiger partial charge in [0, 0.05) is 5.56 Å². The normalized spacial score (nSPS) is 9.93. The molecular weight excluding hydrogens is 196 g/mol. The quantitative estimate of drug-likeness (QED) is 0.703. The smallest absolute Gasteiger partial charge is 0.160 e. The number of fused-ring (bicyclic) bond motifs is 1. The van der Waals surface area contributed by atoms with Crippen molar-refractivity contribution in [2.45, 2.75) is 5.92 Å². The van der Waals surface area contributed by atoms with E-state index in [-0.39, 0.29) is 0 Å². The molecule has 2 aromatic rings. The molecule has 2 rings (SSSR count). The van der Waals surface area contributed by atoms with Crippen molar-refractivity contribution in [3.05, 3.63) is 23.8 Å². The van der Waals surface area contributed by atoms with Crippen LogP contribution < -0.4 is 0 Å². The molecule has 1 aromatic heterocycles. The van der Waals surface area contributed by atoms with Crippen molar-refractivity contribution in [3.63, 3.8) is 0 Å². The first kappa shape index (κ1) is 8.61. The Morgan fingerprint density at radius 3 is 2.79 bits per heavy atom. The SMILES string of the molecule is N#CC(C#N)c1cccc2snnc12. The van der Waals surface area contributed by atoms with E-state index in [0.717, 1.165) is 4.70 Å². The van der Waals surface area contributed by atoms with E-state index in [1.165, 1.54) is 11.5 Å². The summed E-state index contributed by atoms with van der Waals surface area (Å²) < 4.78 is 4.69. The van der Waals surface area contributed by atoms with E-state index in [0.29, 0.717) is 11.1 Å². The first-order valence-electron chi connectivity index (χ1n) is 3.87. The number of rotatable bonds is 1. The maximum Gasteiger partial charge on any atom is 0.160 e. The summed E-state index contributed by atoms with van der Waals surface area (Å²) >= 11 is 1.26. The molecule has 0 fully saturated rings. The van der Waals surface area contributed by atoms with Crippen molar-refractivity contribution in [1.29, 1.82) is 10.5 Å². The zero-order valence-corrected chi connectivity index (χ0v) is 7.82. The van der Waals surface area contributed by atoms with Crippen molar-refractivity contribution >= 4 is 21.7 Å². The molecule has 0 N–H and O–H groups in total. The minimum Gasteiger partial charge on any atom is -0.196 e. The lowest BCUT2D eigenvalue weighted by atomic mass is 10.0. The summed E-state index contributed by atoms with van der Waals surface area (Å²) in [5.41, 5.74) is 1.30. The zero-order chi connectivity index (χ0) is 9.97. The van der Waals surface area contributed by atoms with E-state index in [4.69, 9.17) is 10.5 Å². The average Bonchev–Trinajstić information content (AvgIpc) is 2.68. The molecule has 0 saturated heterocycles. The van der Waals surface area contributed by atoms with E-state index in [2.05, 4.69) is 9.59 Å². The van der Waals surface area contributed by atoms with Crippen LogP contribution in [0.1, 0.15) is 11.5 Å². The highest BCUT2D eigenvalue weighted by atomic mass is 32.1. The van der Waals surface area contributed by atoms with Crippen molar-refractivity contribution in [1.82, 2.24) is 9.59 Å². The summed E-state index contributed by atoms with van der Waals surface area (Å²) in [6.07, 6.45) is 0. The van der Waals surface area contributed by atoms with Crippen LogP contribution in [0.5, 0.6) is 0 Å². The summed E-state index contributed by atoms with van der Waals surface area (Å²) in [6, 6.07) is 9.26. The third kappa shape index (κ3) is 1.20. The van der Waals surface area contributed by atoms with Crippen LogP contribution in [0, 0.1) is 22.7 Å². The predicted molar refractivity (Wildman–Crippen MR) is 51.4 cm³/mol. The van der Waals surface area contributed by atoms with Gasteiger partial charge in [0.2, 0.25) is 0 Å². The van der Waals surface area contributed by atoms with Crippen LogP contribution in [0.25, 0.3) is 10.2 Å². The third-order valence-corrected chi connectivity index (χ3v) is 2.57. The first-order valence-corrected chi connectivity index (χ1v) is 4.64. The van der Waals surface area contributed by atoms with Gasteiger partial charge >= 0.3 is 0 Å². The van der Waals surface area contributed by atoms with E-state index in [1.807, 2.05) is 18.2 Å². The number of nitriles is 2. The lowest BCUT2D eigenvalue weighted by Gasteiger charge is -1.99. The molecule has 1 heterocycles. The van der Waals surface area contributed by atoms with E-state index < -0.39 is 5.92 Å². The lowest BCUT2D eigenvalue weighted by Crippen LogP contribution is -1.92. The molecule has 0 unspecified atom stereocenters. The molecular formula is C9H4N4S. The molecule has 66 valence electrons. The minimum atomic E-state index is -0.761. The molecule has 0 aliphatic heterocycles. The van der Waals surface area contributed by atoms with Gasteiger partial charge in [-0.05, 0) is 17.6 Å². The van der Waals surface area contributed by atoms with Gasteiger partial charge in [-0.25, -0.2) is 0 Å². The molecule has 0 atom stereocenters. The Bertz CT molecular complexity index is 532. The Morgan fingerprint density at radius 2 is 2.07 bits per heavy atom. The van der Waals surface area contributed by atoms with Gasteiger partial charge in [-0.1, -0.05) is 16.6 Å². The molecule has 0 radical (unpaired) electrons. The Hall–Kier alpha value is -1.98. The molecule has 5 heteroatoms. The molecule has 4 nitrogen and oxygen atoms in total. The minimum absolute atomic E-state index is 0.640. The van der Waals surface area contributed by atoms with Crippen LogP contribution in [0.3, 0.4) is 0 Å². The fourth-order valence-corrected chi connectivity index (χ4v) is 1.82. The van der Waals surface area contributed by atoms with E-state index in [1.54, 1.807) is 12.1 Å². The highest BCUT2D eigenvalue weighted by Gasteiger charge is 2.14. The maximum atomic E-state index is 8.76. The second-order valence-electron chi connectivity index (χ2n) is 2.66. The van der Waals surface area contributed by atoms with Gasteiger partial charge in [0.1, 0.15) is 5.52 Å². The summed E-state index contributed by atoms with van der Waals surface area (Å²) in [5, 5.41) is 21.4. The lowest BCUT2D eigenvalue weighted by molar-refractivity contribution is 1.09. The summed E-state index contributed by atoms with van der Waals surface area (Å²) in [5.74, 6) is -0.761. The number of hydrogen-bond donors (Lipinski definition) is 0. The van der Waals surface area contributed by atoms with Crippen molar-refractivity contribution in [3.8, 4) is 12.1 Å². The molecule has 14 heavy (non-hydrogen) atoms. The molecule has 0 saturated carbocycles. The largest absolute Gasteiger partial charge is 0.196 e. The highest BCUT2D eigenvalue weighted by molar-refractivity contribution is 7.12. The van der Waals surface area contributed by atoms with Gasteiger partial charge in [0.15, 0.2) is 5.92 Å². The van der Waals surface area contributed by atoms with Crippen LogP contribution in [-0.4, -0.2) is 9.59 Å². The number of aromatic nitrogens is 2. The van der Waals surface area contributed by atoms with Crippen molar-refractivity contribution in [2.24, 2.45) is 0 Å². The zero-order valence-electron chi connectivity index (χ0n) is 7.01. The van der Waals surface area contributed by atoms with Gasteiger partial charge in [-0.2, -0.15) is 10.5 Å². The fraction of sp³-hybridized carbons (Fsp3) is 0.111. The van der Waals surface area contributed by atoms with Crippen LogP contribution in [-0.2, 0) is 0 Å². The molecule has 1 aromatic carbocycles. The Morgan fingerprint density at radius 1 is 1.29 bits per heavy atom. The summed E-state index contributed by atoms with van der Waals surface area (Å²) in [4.78, 5) is 0. The molecule has 0 aliphatic carbocycles. The van der Waals surface area contributed by atoms with Crippen molar-refractivity contribution in [2.75, 3.05) is 0 Å². The second kappa shape index (κ2) is 3.41. The van der Waals surface area contributed by atoms with Gasteiger partial charge in [-0.15, -0.1) is 5.10 Å². The standard InChI is InChI=1S/C9H4N4S/c10-4-6(5-11)7-2-1-3-8-9(7)12-13-14-8/h1-3,6H. The van der Waals surface area contributed by atoms with Gasteiger partial charge in [0.25, 0.3) is 0 Å². The number of nitrogens with zero attached hydrogens (tertiary/aromatic N) is 4. The maximum absolute atomic E-state index is 8.76. The van der Waals surface area contributed by atoms with E-state index in [9.17, 15) is 0 Å². The van der Waals surface area contributed by atoms with Crippen LogP contribution in [0.2, 0.25) is 0 Å². The first-order chi connectivity index (χ1) is 6.86. The molecule has 0 amide bonds. The Labute approximate surface area is 84.2 Å². The highest BCUT2D eigenvalue weighted by Crippen LogP contribution is 2.24. The van der Waals surface area contributed by atoms with E-state index >= 15 is 0 Å². The van der Waals surface area contributed by atoms with Crippen LogP contribution >= 0.6 is 11.5 Å². The predicted octanol–water partition coefficient (Wildman–Crippen LogP) is 1.82.